The van der Waals surface area contributed by atoms with Gasteiger partial charge in [0.1, 0.15) is 6.10 Å². The number of anilines is 1. The predicted octanol–water partition coefficient (Wildman–Crippen LogP) is 2.77. The zero-order valence-corrected chi connectivity index (χ0v) is 19.7. The van der Waals surface area contributed by atoms with E-state index in [1.54, 1.807) is 0 Å². The summed E-state index contributed by atoms with van der Waals surface area (Å²) in [4.78, 5) is 12.4. The van der Waals surface area contributed by atoms with E-state index in [2.05, 4.69) is 5.32 Å². The Morgan fingerprint density at radius 3 is 2.41 bits per heavy atom. The van der Waals surface area contributed by atoms with Crippen LogP contribution in [0.15, 0.2) is 41.3 Å². The normalized spacial score (nSPS) is 29.3. The maximum Gasteiger partial charge on any atom is 0.255 e. The molecule has 3 aliphatic rings. The molecule has 3 saturated carbocycles. The molecule has 11 heteroatoms. The molecule has 4 N–H and O–H groups in total. The SMILES string of the molecule is C[C@H]1C2C[C@@H](S(=O)(=O)c3cc(C(=O)Nc4ccc(F)c(F)c4)ccc3Cl)CC1[C@@]2(O)[C@H](O)CO. The van der Waals surface area contributed by atoms with Crippen LogP contribution in [0.25, 0.3) is 0 Å². The number of benzene rings is 2. The van der Waals surface area contributed by atoms with Gasteiger partial charge in [-0.3, -0.25) is 4.79 Å². The summed E-state index contributed by atoms with van der Waals surface area (Å²) in [6.45, 7) is 1.24. The second-order valence-electron chi connectivity index (χ2n) is 9.02. The number of halogens is 3. The van der Waals surface area contributed by atoms with E-state index in [-0.39, 0.29) is 39.9 Å². The second-order valence-corrected chi connectivity index (χ2v) is 11.6. The monoisotopic (exact) mass is 515 g/mol. The van der Waals surface area contributed by atoms with Gasteiger partial charge in [-0.25, -0.2) is 17.2 Å². The molecule has 1 amide bonds. The van der Waals surface area contributed by atoms with Gasteiger partial charge in [-0.2, -0.15) is 0 Å². The van der Waals surface area contributed by atoms with Crippen LogP contribution in [0.2, 0.25) is 5.02 Å². The third-order valence-corrected chi connectivity index (χ3v) is 9.97. The number of aliphatic hydroxyl groups excluding tert-OH is 2. The minimum atomic E-state index is -4.02. The Bertz CT molecular complexity index is 1230. The molecule has 0 spiro atoms. The zero-order valence-electron chi connectivity index (χ0n) is 18.1. The summed E-state index contributed by atoms with van der Waals surface area (Å²) in [5, 5.41) is 31.7. The van der Waals surface area contributed by atoms with E-state index >= 15 is 0 Å². The Balaban J connectivity index is 1.58. The Hall–Kier alpha value is -2.11. The summed E-state index contributed by atoms with van der Waals surface area (Å²) in [5.41, 5.74) is -1.60. The van der Waals surface area contributed by atoms with Crippen LogP contribution >= 0.6 is 11.6 Å². The first-order chi connectivity index (χ1) is 15.9. The Morgan fingerprint density at radius 2 is 1.82 bits per heavy atom. The molecule has 3 atom stereocenters. The van der Waals surface area contributed by atoms with Crippen LogP contribution in [0.5, 0.6) is 0 Å². The molecule has 2 bridgehead atoms. The number of carbonyl (C=O) groups is 1. The molecule has 2 aromatic carbocycles. The fourth-order valence-corrected chi connectivity index (χ4v) is 7.81. The van der Waals surface area contributed by atoms with Crippen molar-refractivity contribution in [3.05, 3.63) is 58.6 Å². The van der Waals surface area contributed by atoms with E-state index in [4.69, 9.17) is 11.6 Å². The average molecular weight is 516 g/mol. The van der Waals surface area contributed by atoms with Crippen LogP contribution in [0.1, 0.15) is 30.1 Å². The summed E-state index contributed by atoms with van der Waals surface area (Å²) in [7, 11) is -4.02. The minimum absolute atomic E-state index is 0.00802. The van der Waals surface area contributed by atoms with Gasteiger partial charge in [0.15, 0.2) is 21.5 Å². The summed E-state index contributed by atoms with van der Waals surface area (Å²) >= 11 is 6.18. The molecular weight excluding hydrogens is 492 g/mol. The van der Waals surface area contributed by atoms with E-state index in [0.717, 1.165) is 18.2 Å². The van der Waals surface area contributed by atoms with Crippen molar-refractivity contribution in [2.75, 3.05) is 11.9 Å². The summed E-state index contributed by atoms with van der Waals surface area (Å²) in [5.74, 6) is -4.02. The van der Waals surface area contributed by atoms with Crippen LogP contribution in [-0.4, -0.2) is 53.2 Å². The highest BCUT2D eigenvalue weighted by molar-refractivity contribution is 7.92. The maximum atomic E-state index is 13.4. The average Bonchev–Trinajstić information content (AvgIpc) is 2.81. The number of hydrogen-bond donors (Lipinski definition) is 4. The number of rotatable bonds is 6. The number of hydrogen-bond acceptors (Lipinski definition) is 6. The largest absolute Gasteiger partial charge is 0.394 e. The molecule has 0 radical (unpaired) electrons. The Morgan fingerprint density at radius 1 is 1.18 bits per heavy atom. The lowest BCUT2D eigenvalue weighted by Gasteiger charge is -2.64. The van der Waals surface area contributed by atoms with Gasteiger partial charge >= 0.3 is 0 Å². The number of carbonyl (C=O) groups excluding carboxylic acids is 1. The highest BCUT2D eigenvalue weighted by Gasteiger charge is 2.67. The third kappa shape index (κ3) is 3.91. The van der Waals surface area contributed by atoms with Crippen molar-refractivity contribution < 1.29 is 37.3 Å². The molecule has 34 heavy (non-hydrogen) atoms. The van der Waals surface area contributed by atoms with Gasteiger partial charge in [0.05, 0.1) is 27.4 Å². The molecule has 0 aromatic heterocycles. The molecule has 2 aromatic rings. The molecular formula is C23H24ClF2NO6S. The number of nitrogens with one attached hydrogen (secondary N) is 1. The fraction of sp³-hybridized carbons (Fsp3) is 0.435. The van der Waals surface area contributed by atoms with Crippen LogP contribution in [0, 0.1) is 29.4 Å². The van der Waals surface area contributed by atoms with E-state index in [0.29, 0.717) is 0 Å². The molecule has 0 saturated heterocycles. The van der Waals surface area contributed by atoms with E-state index in [1.165, 1.54) is 18.2 Å². The molecule has 5 rings (SSSR count). The summed E-state index contributed by atoms with van der Waals surface area (Å²) in [6.07, 6.45) is -1.24. The van der Waals surface area contributed by atoms with Gasteiger partial charge in [-0.1, -0.05) is 18.5 Å². The van der Waals surface area contributed by atoms with Crippen molar-refractivity contribution in [3.63, 3.8) is 0 Å². The topological polar surface area (TPSA) is 124 Å². The van der Waals surface area contributed by atoms with Crippen molar-refractivity contribution >= 4 is 33.0 Å². The number of fused-ring (bicyclic) bond motifs is 2. The Kier molecular flexibility index (Phi) is 6.50. The predicted molar refractivity (Wildman–Crippen MR) is 120 cm³/mol. The third-order valence-electron chi connectivity index (χ3n) is 7.31. The molecule has 3 fully saturated rings. The van der Waals surface area contributed by atoms with Crippen LogP contribution in [-0.2, 0) is 9.84 Å². The highest BCUT2D eigenvalue weighted by atomic mass is 35.5. The number of aliphatic hydroxyl groups is 3. The summed E-state index contributed by atoms with van der Waals surface area (Å²) < 4.78 is 53.4. The molecule has 0 heterocycles. The van der Waals surface area contributed by atoms with Crippen LogP contribution in [0.3, 0.4) is 0 Å². The van der Waals surface area contributed by atoms with E-state index in [1.807, 2.05) is 6.92 Å². The van der Waals surface area contributed by atoms with Crippen molar-refractivity contribution in [1.82, 2.24) is 0 Å². The Labute approximate surface area is 200 Å². The van der Waals surface area contributed by atoms with Crippen molar-refractivity contribution in [2.24, 2.45) is 17.8 Å². The van der Waals surface area contributed by atoms with Crippen molar-refractivity contribution in [3.8, 4) is 0 Å². The molecule has 3 aliphatic carbocycles. The summed E-state index contributed by atoms with van der Waals surface area (Å²) in [6, 6.07) is 6.54. The molecule has 7 nitrogen and oxygen atoms in total. The molecule has 0 aliphatic heterocycles. The van der Waals surface area contributed by atoms with Gasteiger partial charge in [-0.05, 0) is 60.9 Å². The first kappa shape index (κ1) is 25.0. The van der Waals surface area contributed by atoms with E-state index < -0.39 is 62.8 Å². The number of sulfone groups is 1. The lowest BCUT2D eigenvalue weighted by atomic mass is 9.46. The fourth-order valence-electron chi connectivity index (χ4n) is 5.46. The minimum Gasteiger partial charge on any atom is -0.394 e. The lowest BCUT2D eigenvalue weighted by molar-refractivity contribution is -0.268. The quantitative estimate of drug-likeness (QED) is 0.469. The smallest absolute Gasteiger partial charge is 0.255 e. The second kappa shape index (κ2) is 8.83. The molecule has 184 valence electrons. The first-order valence-corrected chi connectivity index (χ1v) is 12.6. The number of amides is 1. The van der Waals surface area contributed by atoms with Crippen LogP contribution in [0.4, 0.5) is 14.5 Å². The van der Waals surface area contributed by atoms with Crippen LogP contribution < -0.4 is 5.32 Å². The van der Waals surface area contributed by atoms with Gasteiger partial charge in [-0.15, -0.1) is 0 Å². The van der Waals surface area contributed by atoms with Crippen molar-refractivity contribution in [1.29, 1.82) is 0 Å². The molecule has 2 unspecified atom stereocenters. The maximum absolute atomic E-state index is 13.4. The first-order valence-electron chi connectivity index (χ1n) is 10.7. The van der Waals surface area contributed by atoms with Crippen molar-refractivity contribution in [2.45, 2.75) is 41.6 Å². The van der Waals surface area contributed by atoms with Gasteiger partial charge in [0, 0.05) is 17.3 Å². The van der Waals surface area contributed by atoms with Gasteiger partial charge in [0.25, 0.3) is 5.91 Å². The highest BCUT2D eigenvalue weighted by Crippen LogP contribution is 2.60. The van der Waals surface area contributed by atoms with Gasteiger partial charge < -0.3 is 20.6 Å². The zero-order chi connectivity index (χ0) is 25.0. The van der Waals surface area contributed by atoms with E-state index in [9.17, 15) is 37.3 Å². The standard InChI is InChI=1S/C23H24ClF2NO6S/c1-11-15-8-14(9-16(11)23(15,31)21(29)10-28)34(32,33)20-6-12(2-4-17(20)24)22(30)27-13-3-5-18(25)19(26)7-13/h2-7,11,14-16,21,28-29,31H,8-10H2,1H3,(H,27,30)/t11-,14+,15?,16?,21-,23+/m1/s1. The lowest BCUT2D eigenvalue weighted by Crippen LogP contribution is -2.72. The van der Waals surface area contributed by atoms with Gasteiger partial charge in [0.2, 0.25) is 0 Å².